The van der Waals surface area contributed by atoms with Gasteiger partial charge in [-0.15, -0.1) is 0 Å². The first-order valence-corrected chi connectivity index (χ1v) is 7.85. The number of rotatable bonds is 5. The van der Waals surface area contributed by atoms with Gasteiger partial charge in [0, 0.05) is 20.0 Å². The summed E-state index contributed by atoms with van der Waals surface area (Å²) in [7, 11) is 3.41. The summed E-state index contributed by atoms with van der Waals surface area (Å²) in [6.07, 6.45) is 2.39. The van der Waals surface area contributed by atoms with E-state index in [0.29, 0.717) is 15.9 Å². The molecule has 1 unspecified atom stereocenters. The molecular formula is C14H21N3O3S. The number of hydrogen-bond donors (Lipinski definition) is 1. The molecule has 7 heteroatoms. The molecule has 1 atom stereocenters. The van der Waals surface area contributed by atoms with Crippen molar-refractivity contribution in [1.29, 1.82) is 0 Å². The predicted octanol–water partition coefficient (Wildman–Crippen LogP) is 1.89. The lowest BCUT2D eigenvalue weighted by Gasteiger charge is -2.29. The zero-order chi connectivity index (χ0) is 15.4. The van der Waals surface area contributed by atoms with Crippen molar-refractivity contribution in [2.75, 3.05) is 39.1 Å². The van der Waals surface area contributed by atoms with Gasteiger partial charge < -0.3 is 15.0 Å². The molecule has 0 amide bonds. The maximum Gasteiger partial charge on any atom is 0.358 e. The third-order valence-corrected chi connectivity index (χ3v) is 4.70. The third kappa shape index (κ3) is 4.01. The summed E-state index contributed by atoms with van der Waals surface area (Å²) in [5.74, 6) is -0.171. The van der Waals surface area contributed by atoms with E-state index in [9.17, 15) is 9.59 Å². The van der Waals surface area contributed by atoms with Gasteiger partial charge >= 0.3 is 5.97 Å². The van der Waals surface area contributed by atoms with Crippen LogP contribution in [0.4, 0.5) is 5.13 Å². The van der Waals surface area contributed by atoms with Crippen LogP contribution >= 0.6 is 11.3 Å². The molecule has 1 aromatic rings. The minimum absolute atomic E-state index is 0.110. The molecule has 0 aliphatic carbocycles. The number of likely N-dealkylation sites (tertiary alicyclic amines) is 1. The van der Waals surface area contributed by atoms with E-state index >= 15 is 0 Å². The monoisotopic (exact) mass is 311 g/mol. The van der Waals surface area contributed by atoms with E-state index < -0.39 is 5.97 Å². The Balaban J connectivity index is 2.03. The molecule has 1 saturated heterocycles. The van der Waals surface area contributed by atoms with Gasteiger partial charge in [-0.2, -0.15) is 0 Å². The third-order valence-electron chi connectivity index (χ3n) is 3.59. The quantitative estimate of drug-likeness (QED) is 0.661. The molecule has 1 aromatic heterocycles. The van der Waals surface area contributed by atoms with Gasteiger partial charge in [0.1, 0.15) is 4.88 Å². The first-order valence-electron chi connectivity index (χ1n) is 7.03. The Kier molecular flexibility index (Phi) is 5.30. The number of nitrogens with zero attached hydrogens (tertiary/aromatic N) is 2. The molecule has 2 rings (SSSR count). The summed E-state index contributed by atoms with van der Waals surface area (Å²) < 4.78 is 4.67. The summed E-state index contributed by atoms with van der Waals surface area (Å²) in [4.78, 5) is 30.1. The van der Waals surface area contributed by atoms with E-state index in [0.717, 1.165) is 19.6 Å². The number of esters is 1. The number of hydrogen-bond acceptors (Lipinski definition) is 7. The first kappa shape index (κ1) is 15.9. The Hall–Kier alpha value is -1.47. The lowest BCUT2D eigenvalue weighted by atomic mass is 9.99. The van der Waals surface area contributed by atoms with Gasteiger partial charge in [0.25, 0.3) is 0 Å². The molecule has 0 bridgehead atoms. The van der Waals surface area contributed by atoms with Crippen molar-refractivity contribution in [3.8, 4) is 0 Å². The zero-order valence-corrected chi connectivity index (χ0v) is 13.5. The molecule has 21 heavy (non-hydrogen) atoms. The summed E-state index contributed by atoms with van der Waals surface area (Å²) in [5.41, 5.74) is 0.110. The summed E-state index contributed by atoms with van der Waals surface area (Å²) in [5, 5.41) is 3.86. The molecule has 116 valence electrons. The number of ether oxygens (including phenoxy) is 1. The van der Waals surface area contributed by atoms with Crippen molar-refractivity contribution < 1.29 is 14.3 Å². The van der Waals surface area contributed by atoms with Gasteiger partial charge in [0.15, 0.2) is 16.6 Å². The normalized spacial score (nSPS) is 19.3. The minimum Gasteiger partial charge on any atom is -0.464 e. The molecule has 0 radical (unpaired) electrons. The average molecular weight is 311 g/mol. The molecule has 1 fully saturated rings. The SMILES string of the molecule is COC(=O)c1nc(NCC2CCCN(C)C2)sc1C(C)=O. The van der Waals surface area contributed by atoms with Crippen LogP contribution < -0.4 is 5.32 Å². The van der Waals surface area contributed by atoms with Gasteiger partial charge in [0.05, 0.1) is 7.11 Å². The van der Waals surface area contributed by atoms with Gasteiger partial charge in [-0.3, -0.25) is 4.79 Å². The number of ketones is 1. The van der Waals surface area contributed by atoms with Crippen molar-refractivity contribution in [1.82, 2.24) is 9.88 Å². The number of thiazole rings is 1. The van der Waals surface area contributed by atoms with E-state index in [-0.39, 0.29) is 11.5 Å². The number of anilines is 1. The topological polar surface area (TPSA) is 71.5 Å². The van der Waals surface area contributed by atoms with Crippen molar-refractivity contribution in [2.24, 2.45) is 5.92 Å². The van der Waals surface area contributed by atoms with Crippen LogP contribution in [0.15, 0.2) is 0 Å². The Morgan fingerprint density at radius 1 is 1.52 bits per heavy atom. The van der Waals surface area contributed by atoms with Crippen LogP contribution in [0.2, 0.25) is 0 Å². The summed E-state index contributed by atoms with van der Waals surface area (Å²) >= 11 is 1.21. The lowest BCUT2D eigenvalue weighted by molar-refractivity contribution is 0.0591. The van der Waals surface area contributed by atoms with Crippen molar-refractivity contribution in [2.45, 2.75) is 19.8 Å². The number of Topliss-reactive ketones (excluding diaryl/α,β-unsaturated/α-hetero) is 1. The van der Waals surface area contributed by atoms with Crippen molar-refractivity contribution in [3.63, 3.8) is 0 Å². The van der Waals surface area contributed by atoms with E-state index in [1.54, 1.807) is 0 Å². The highest BCUT2D eigenvalue weighted by molar-refractivity contribution is 7.17. The molecule has 6 nitrogen and oxygen atoms in total. The second-order valence-corrected chi connectivity index (χ2v) is 6.39. The Bertz CT molecular complexity index is 530. The first-order chi connectivity index (χ1) is 10.0. The fourth-order valence-corrected chi connectivity index (χ4v) is 3.40. The largest absolute Gasteiger partial charge is 0.464 e. The summed E-state index contributed by atoms with van der Waals surface area (Å²) in [6.45, 7) is 4.44. The van der Waals surface area contributed by atoms with Crippen LogP contribution in [0.25, 0.3) is 0 Å². The molecule has 0 spiro atoms. The second kappa shape index (κ2) is 7.00. The lowest BCUT2D eigenvalue weighted by Crippen LogP contribution is -2.35. The van der Waals surface area contributed by atoms with Crippen LogP contribution in [-0.4, -0.2) is 55.4 Å². The zero-order valence-electron chi connectivity index (χ0n) is 12.6. The second-order valence-electron chi connectivity index (χ2n) is 5.40. The van der Waals surface area contributed by atoms with Gasteiger partial charge in [-0.1, -0.05) is 11.3 Å². The molecule has 0 saturated carbocycles. The van der Waals surface area contributed by atoms with Crippen molar-refractivity contribution in [3.05, 3.63) is 10.6 Å². The van der Waals surface area contributed by atoms with E-state index in [1.807, 2.05) is 0 Å². The smallest absolute Gasteiger partial charge is 0.358 e. The fraction of sp³-hybridized carbons (Fsp3) is 0.643. The Labute approximate surface area is 128 Å². The molecule has 0 aromatic carbocycles. The molecule has 1 aliphatic heterocycles. The van der Waals surface area contributed by atoms with E-state index in [2.05, 4.69) is 27.0 Å². The van der Waals surface area contributed by atoms with Crippen LogP contribution in [0.5, 0.6) is 0 Å². The van der Waals surface area contributed by atoms with Crippen LogP contribution in [0.1, 0.15) is 39.9 Å². The number of piperidine rings is 1. The maximum absolute atomic E-state index is 11.6. The standard InChI is InChI=1S/C14H21N3O3S/c1-9(18)12-11(13(19)20-3)16-14(21-12)15-7-10-5-4-6-17(2)8-10/h10H,4-8H2,1-3H3,(H,15,16). The Morgan fingerprint density at radius 3 is 2.90 bits per heavy atom. The number of carbonyl (C=O) groups excluding carboxylic acids is 2. The highest BCUT2D eigenvalue weighted by Gasteiger charge is 2.23. The van der Waals surface area contributed by atoms with E-state index in [1.165, 1.54) is 38.2 Å². The number of aromatic nitrogens is 1. The molecule has 1 N–H and O–H groups in total. The maximum atomic E-state index is 11.6. The minimum atomic E-state index is -0.568. The van der Waals surface area contributed by atoms with Gasteiger partial charge in [0.2, 0.25) is 0 Å². The molecule has 1 aliphatic rings. The Morgan fingerprint density at radius 2 is 2.29 bits per heavy atom. The number of methoxy groups -OCH3 is 1. The fourth-order valence-electron chi connectivity index (χ4n) is 2.54. The number of carbonyl (C=O) groups is 2. The molecule has 2 heterocycles. The van der Waals surface area contributed by atoms with Crippen LogP contribution in [0, 0.1) is 5.92 Å². The van der Waals surface area contributed by atoms with Crippen molar-refractivity contribution >= 4 is 28.2 Å². The predicted molar refractivity (Wildman–Crippen MR) is 82.2 cm³/mol. The summed E-state index contributed by atoms with van der Waals surface area (Å²) in [6, 6.07) is 0. The average Bonchev–Trinajstić information content (AvgIpc) is 2.89. The highest BCUT2D eigenvalue weighted by atomic mass is 32.1. The van der Waals surface area contributed by atoms with Gasteiger partial charge in [-0.05, 0) is 32.4 Å². The van der Waals surface area contributed by atoms with Crippen LogP contribution in [-0.2, 0) is 4.74 Å². The molecular weight excluding hydrogens is 290 g/mol. The van der Waals surface area contributed by atoms with Crippen LogP contribution in [0.3, 0.4) is 0 Å². The highest BCUT2D eigenvalue weighted by Crippen LogP contribution is 2.25. The van der Waals surface area contributed by atoms with E-state index in [4.69, 9.17) is 0 Å². The van der Waals surface area contributed by atoms with Gasteiger partial charge in [-0.25, -0.2) is 9.78 Å². The number of nitrogens with one attached hydrogen (secondary N) is 1.